The fraction of sp³-hybridized carbons (Fsp3) is 0.632. The summed E-state index contributed by atoms with van der Waals surface area (Å²) in [6.07, 6.45) is 2.67. The highest BCUT2D eigenvalue weighted by molar-refractivity contribution is 5.85. The molecule has 2 N–H and O–H groups in total. The quantitative estimate of drug-likeness (QED) is 0.619. The second kappa shape index (κ2) is 14.2. The van der Waals surface area contributed by atoms with Crippen molar-refractivity contribution >= 4 is 30.7 Å². The maximum atomic E-state index is 11.7. The molecule has 1 aliphatic rings. The Morgan fingerprint density at radius 1 is 1.23 bits per heavy atom. The molecule has 1 saturated heterocycles. The lowest BCUT2D eigenvalue weighted by atomic mass is 9.99. The van der Waals surface area contributed by atoms with Gasteiger partial charge in [-0.25, -0.2) is 0 Å². The zero-order valence-electron chi connectivity index (χ0n) is 15.8. The first-order chi connectivity index (χ1) is 11.7. The van der Waals surface area contributed by atoms with Gasteiger partial charge in [-0.3, -0.25) is 9.69 Å². The molecule has 0 aliphatic carbocycles. The highest BCUT2D eigenvalue weighted by Gasteiger charge is 2.16. The Kier molecular flexibility index (Phi) is 13.8. The van der Waals surface area contributed by atoms with E-state index in [2.05, 4.69) is 46.7 Å². The van der Waals surface area contributed by atoms with Gasteiger partial charge in [-0.1, -0.05) is 31.2 Å². The summed E-state index contributed by atoms with van der Waals surface area (Å²) in [6, 6.07) is 8.58. The number of nitrogens with zero attached hydrogens (tertiary/aromatic N) is 1. The Labute approximate surface area is 170 Å². The van der Waals surface area contributed by atoms with Crippen LogP contribution in [-0.2, 0) is 22.6 Å². The summed E-state index contributed by atoms with van der Waals surface area (Å²) < 4.78 is 4.93. The first kappa shape index (κ1) is 25.1. The van der Waals surface area contributed by atoms with E-state index >= 15 is 0 Å². The molecular formula is C19H33Cl2N3O2. The number of hydrogen-bond donors (Lipinski definition) is 2. The van der Waals surface area contributed by atoms with E-state index < -0.39 is 0 Å². The summed E-state index contributed by atoms with van der Waals surface area (Å²) in [6.45, 7) is 7.98. The largest absolute Gasteiger partial charge is 0.383 e. The van der Waals surface area contributed by atoms with Gasteiger partial charge in [-0.15, -0.1) is 24.8 Å². The van der Waals surface area contributed by atoms with Crippen LogP contribution in [0.5, 0.6) is 0 Å². The number of nitrogens with one attached hydrogen (secondary N) is 2. The Bertz CT molecular complexity index is 500. The van der Waals surface area contributed by atoms with Crippen LogP contribution in [-0.4, -0.2) is 50.7 Å². The third-order valence-corrected chi connectivity index (χ3v) is 4.43. The van der Waals surface area contributed by atoms with Crippen molar-refractivity contribution in [3.63, 3.8) is 0 Å². The molecule has 0 aromatic heterocycles. The van der Waals surface area contributed by atoms with Crippen LogP contribution in [0.3, 0.4) is 0 Å². The monoisotopic (exact) mass is 405 g/mol. The standard InChI is InChI=1S/C19H31N3O2.2ClH/c1-16-4-3-10-22(14-16)15-18-7-5-17(6-8-18)12-21-19(23)13-20-9-11-24-2;;/h5-8,16,20H,3-4,9-15H2,1-2H3,(H,21,23);2*1H. The summed E-state index contributed by atoms with van der Waals surface area (Å²) in [7, 11) is 1.65. The van der Waals surface area contributed by atoms with Crippen LogP contribution in [0.25, 0.3) is 0 Å². The third-order valence-electron chi connectivity index (χ3n) is 4.43. The van der Waals surface area contributed by atoms with Crippen LogP contribution in [0, 0.1) is 5.92 Å². The topological polar surface area (TPSA) is 53.6 Å². The van der Waals surface area contributed by atoms with E-state index in [1.54, 1.807) is 7.11 Å². The van der Waals surface area contributed by atoms with Gasteiger partial charge >= 0.3 is 0 Å². The van der Waals surface area contributed by atoms with Gasteiger partial charge in [0.1, 0.15) is 0 Å². The smallest absolute Gasteiger partial charge is 0.234 e. The van der Waals surface area contributed by atoms with Gasteiger partial charge in [0.2, 0.25) is 5.91 Å². The molecule has 0 radical (unpaired) electrons. The molecule has 1 aromatic rings. The predicted molar refractivity (Wildman–Crippen MR) is 111 cm³/mol. The number of amides is 1. The molecule has 150 valence electrons. The van der Waals surface area contributed by atoms with E-state index in [0.717, 1.165) is 18.0 Å². The molecule has 1 atom stereocenters. The van der Waals surface area contributed by atoms with E-state index in [1.165, 1.54) is 31.5 Å². The Hall–Kier alpha value is -0.850. The van der Waals surface area contributed by atoms with E-state index in [9.17, 15) is 4.79 Å². The summed E-state index contributed by atoms with van der Waals surface area (Å²) >= 11 is 0. The minimum absolute atomic E-state index is 0. The van der Waals surface area contributed by atoms with E-state index in [0.29, 0.717) is 26.2 Å². The van der Waals surface area contributed by atoms with Crippen molar-refractivity contribution in [2.45, 2.75) is 32.9 Å². The van der Waals surface area contributed by atoms with Gasteiger partial charge in [-0.2, -0.15) is 0 Å². The average Bonchev–Trinajstić information content (AvgIpc) is 2.58. The number of likely N-dealkylation sites (tertiary alicyclic amines) is 1. The molecule has 5 nitrogen and oxygen atoms in total. The number of halogens is 2. The van der Waals surface area contributed by atoms with Crippen molar-refractivity contribution in [2.75, 3.05) is 39.9 Å². The predicted octanol–water partition coefficient (Wildman–Crippen LogP) is 2.61. The van der Waals surface area contributed by atoms with Crippen molar-refractivity contribution in [2.24, 2.45) is 5.92 Å². The van der Waals surface area contributed by atoms with Gasteiger partial charge in [0.25, 0.3) is 0 Å². The van der Waals surface area contributed by atoms with E-state index in [4.69, 9.17) is 4.74 Å². The number of carbonyl (C=O) groups excluding carboxylic acids is 1. The van der Waals surface area contributed by atoms with Crippen LogP contribution in [0.15, 0.2) is 24.3 Å². The Balaban J connectivity index is 0.00000312. The molecule has 0 bridgehead atoms. The zero-order chi connectivity index (χ0) is 17.2. The van der Waals surface area contributed by atoms with Crippen LogP contribution >= 0.6 is 24.8 Å². The summed E-state index contributed by atoms with van der Waals surface area (Å²) in [5.74, 6) is 0.822. The summed E-state index contributed by atoms with van der Waals surface area (Å²) in [5.41, 5.74) is 2.48. The number of ether oxygens (including phenoxy) is 1. The lowest BCUT2D eigenvalue weighted by Gasteiger charge is -2.30. The Morgan fingerprint density at radius 2 is 1.92 bits per heavy atom. The second-order valence-electron chi connectivity index (χ2n) is 6.75. The van der Waals surface area contributed by atoms with Crippen molar-refractivity contribution < 1.29 is 9.53 Å². The van der Waals surface area contributed by atoms with Gasteiger partial charge in [0.15, 0.2) is 0 Å². The first-order valence-corrected chi connectivity index (χ1v) is 8.94. The molecule has 0 spiro atoms. The molecule has 1 fully saturated rings. The third kappa shape index (κ3) is 9.74. The van der Waals surface area contributed by atoms with E-state index in [1.807, 2.05) is 0 Å². The molecule has 7 heteroatoms. The first-order valence-electron chi connectivity index (χ1n) is 8.94. The number of rotatable bonds is 9. The second-order valence-corrected chi connectivity index (χ2v) is 6.75. The molecular weight excluding hydrogens is 373 g/mol. The molecule has 1 aromatic carbocycles. The molecule has 1 aliphatic heterocycles. The lowest BCUT2D eigenvalue weighted by Crippen LogP contribution is -2.34. The highest BCUT2D eigenvalue weighted by Crippen LogP contribution is 2.18. The molecule has 1 unspecified atom stereocenters. The zero-order valence-corrected chi connectivity index (χ0v) is 17.5. The molecule has 1 amide bonds. The number of carbonyl (C=O) groups is 1. The van der Waals surface area contributed by atoms with Crippen molar-refractivity contribution in [3.05, 3.63) is 35.4 Å². The Morgan fingerprint density at radius 3 is 2.58 bits per heavy atom. The van der Waals surface area contributed by atoms with Crippen molar-refractivity contribution in [1.82, 2.24) is 15.5 Å². The van der Waals surface area contributed by atoms with Crippen LogP contribution < -0.4 is 10.6 Å². The van der Waals surface area contributed by atoms with Crippen molar-refractivity contribution in [1.29, 1.82) is 0 Å². The van der Waals surface area contributed by atoms with Crippen molar-refractivity contribution in [3.8, 4) is 0 Å². The minimum atomic E-state index is 0. The van der Waals surface area contributed by atoms with Gasteiger partial charge in [-0.05, 0) is 36.4 Å². The summed E-state index contributed by atoms with van der Waals surface area (Å²) in [4.78, 5) is 14.3. The SMILES string of the molecule is COCCNCC(=O)NCc1ccc(CN2CCCC(C)C2)cc1.Cl.Cl. The maximum absolute atomic E-state index is 11.7. The van der Waals surface area contributed by atoms with Gasteiger partial charge in [0, 0.05) is 33.3 Å². The molecule has 2 rings (SSSR count). The number of benzene rings is 1. The van der Waals surface area contributed by atoms with Gasteiger partial charge in [0.05, 0.1) is 13.2 Å². The minimum Gasteiger partial charge on any atom is -0.383 e. The molecule has 1 heterocycles. The maximum Gasteiger partial charge on any atom is 0.234 e. The fourth-order valence-electron chi connectivity index (χ4n) is 3.09. The normalized spacial score (nSPS) is 17.1. The molecule has 26 heavy (non-hydrogen) atoms. The van der Waals surface area contributed by atoms with E-state index in [-0.39, 0.29) is 30.7 Å². The number of piperidine rings is 1. The van der Waals surface area contributed by atoms with Crippen LogP contribution in [0.4, 0.5) is 0 Å². The fourth-order valence-corrected chi connectivity index (χ4v) is 3.09. The highest BCUT2D eigenvalue weighted by atomic mass is 35.5. The lowest BCUT2D eigenvalue weighted by molar-refractivity contribution is -0.120. The number of methoxy groups -OCH3 is 1. The van der Waals surface area contributed by atoms with Crippen LogP contribution in [0.2, 0.25) is 0 Å². The summed E-state index contributed by atoms with van der Waals surface area (Å²) in [5, 5.41) is 5.97. The number of hydrogen-bond acceptors (Lipinski definition) is 4. The van der Waals surface area contributed by atoms with Crippen LogP contribution in [0.1, 0.15) is 30.9 Å². The molecule has 0 saturated carbocycles. The average molecular weight is 406 g/mol. The van der Waals surface area contributed by atoms with Gasteiger partial charge < -0.3 is 15.4 Å².